The van der Waals surface area contributed by atoms with Gasteiger partial charge < -0.3 is 25.0 Å². The van der Waals surface area contributed by atoms with Crippen molar-refractivity contribution < 1.29 is 9.47 Å². The number of nitrogens with zero attached hydrogens (tertiary/aromatic N) is 3. The second-order valence-corrected chi connectivity index (χ2v) is 7.09. The van der Waals surface area contributed by atoms with Crippen molar-refractivity contribution in [1.82, 2.24) is 15.6 Å². The highest BCUT2D eigenvalue weighted by molar-refractivity contribution is 14.0. The van der Waals surface area contributed by atoms with E-state index >= 15 is 0 Å². The quantitative estimate of drug-likeness (QED) is 0.329. The van der Waals surface area contributed by atoms with Gasteiger partial charge in [0.25, 0.3) is 0 Å². The van der Waals surface area contributed by atoms with E-state index in [1.54, 1.807) is 20.4 Å². The number of hydrogen-bond acceptors (Lipinski definition) is 5. The van der Waals surface area contributed by atoms with Crippen molar-refractivity contribution in [3.63, 3.8) is 0 Å². The molecule has 1 fully saturated rings. The molecule has 0 spiro atoms. The molecule has 8 heteroatoms. The Bertz CT molecular complexity index is 773. The highest BCUT2D eigenvalue weighted by atomic mass is 127. The van der Waals surface area contributed by atoms with Crippen molar-refractivity contribution in [3.05, 3.63) is 48.3 Å². The average molecular weight is 525 g/mol. The molecule has 1 aliphatic heterocycles. The highest BCUT2D eigenvalue weighted by Crippen LogP contribution is 2.30. The predicted octanol–water partition coefficient (Wildman–Crippen LogP) is 3.09. The third kappa shape index (κ3) is 6.93. The van der Waals surface area contributed by atoms with E-state index in [1.807, 2.05) is 25.4 Å². The monoisotopic (exact) mass is 525 g/mol. The molecule has 0 bridgehead atoms. The number of nitrogens with one attached hydrogen (secondary N) is 2. The van der Waals surface area contributed by atoms with Crippen LogP contribution in [0.25, 0.3) is 0 Å². The fourth-order valence-electron chi connectivity index (χ4n) is 3.52. The minimum absolute atomic E-state index is 0. The van der Waals surface area contributed by atoms with E-state index in [-0.39, 0.29) is 24.0 Å². The normalized spacial score (nSPS) is 14.6. The van der Waals surface area contributed by atoms with E-state index < -0.39 is 0 Å². The Kier molecular flexibility index (Phi) is 9.99. The maximum Gasteiger partial charge on any atom is 0.191 e. The molecule has 0 unspecified atom stereocenters. The van der Waals surface area contributed by atoms with Gasteiger partial charge in [-0.2, -0.15) is 0 Å². The molecule has 1 aliphatic rings. The minimum atomic E-state index is 0. The zero-order valence-electron chi connectivity index (χ0n) is 17.9. The number of anilines is 1. The van der Waals surface area contributed by atoms with Gasteiger partial charge in [-0.3, -0.25) is 9.98 Å². The Morgan fingerprint density at radius 3 is 2.43 bits per heavy atom. The number of aliphatic imine (C=N–C) groups is 1. The number of rotatable bonds is 7. The summed E-state index contributed by atoms with van der Waals surface area (Å²) in [6, 6.07) is 10.5. The molecule has 1 aromatic carbocycles. The minimum Gasteiger partial charge on any atom is -0.497 e. The van der Waals surface area contributed by atoms with Gasteiger partial charge in [0.2, 0.25) is 0 Å². The number of halogens is 1. The van der Waals surface area contributed by atoms with Crippen molar-refractivity contribution in [1.29, 1.82) is 0 Å². The first-order valence-corrected chi connectivity index (χ1v) is 10.1. The second kappa shape index (κ2) is 12.5. The fraction of sp³-hybridized carbons (Fsp3) is 0.455. The van der Waals surface area contributed by atoms with E-state index in [0.717, 1.165) is 62.0 Å². The lowest BCUT2D eigenvalue weighted by Gasteiger charge is -2.34. The first kappa shape index (κ1) is 24.0. The summed E-state index contributed by atoms with van der Waals surface area (Å²) >= 11 is 0. The molecule has 7 nitrogen and oxygen atoms in total. The Morgan fingerprint density at radius 2 is 1.87 bits per heavy atom. The summed E-state index contributed by atoms with van der Waals surface area (Å²) in [5.74, 6) is 2.49. The van der Waals surface area contributed by atoms with Crippen LogP contribution in [-0.2, 0) is 6.42 Å². The molecule has 1 saturated heterocycles. The van der Waals surface area contributed by atoms with Crippen molar-refractivity contribution in [2.24, 2.45) is 4.99 Å². The van der Waals surface area contributed by atoms with Crippen LogP contribution >= 0.6 is 24.0 Å². The number of methoxy groups -OCH3 is 2. The van der Waals surface area contributed by atoms with Gasteiger partial charge in [-0.05, 0) is 30.9 Å². The summed E-state index contributed by atoms with van der Waals surface area (Å²) in [6.07, 6.45) is 6.71. The molecule has 0 amide bonds. The summed E-state index contributed by atoms with van der Waals surface area (Å²) in [5, 5.41) is 6.96. The lowest BCUT2D eigenvalue weighted by Crippen LogP contribution is -2.49. The number of benzene rings is 1. The number of piperidine rings is 1. The lowest BCUT2D eigenvalue weighted by atomic mass is 10.0. The zero-order chi connectivity index (χ0) is 20.5. The van der Waals surface area contributed by atoms with Crippen LogP contribution < -0.4 is 25.0 Å². The Balaban J connectivity index is 0.00000320. The number of hydrogen-bond donors (Lipinski definition) is 2. The van der Waals surface area contributed by atoms with Crippen molar-refractivity contribution in [3.8, 4) is 11.5 Å². The van der Waals surface area contributed by atoms with Crippen molar-refractivity contribution >= 4 is 35.6 Å². The third-order valence-corrected chi connectivity index (χ3v) is 5.19. The van der Waals surface area contributed by atoms with E-state index in [2.05, 4.69) is 43.7 Å². The van der Waals surface area contributed by atoms with Gasteiger partial charge in [-0.1, -0.05) is 6.07 Å². The zero-order valence-corrected chi connectivity index (χ0v) is 20.3. The highest BCUT2D eigenvalue weighted by Gasteiger charge is 2.21. The predicted molar refractivity (Wildman–Crippen MR) is 133 cm³/mol. The van der Waals surface area contributed by atoms with Crippen molar-refractivity contribution in [2.75, 3.05) is 45.8 Å². The molecule has 0 aliphatic carbocycles. The van der Waals surface area contributed by atoms with Gasteiger partial charge in [0.05, 0.1) is 14.2 Å². The van der Waals surface area contributed by atoms with Crippen LogP contribution in [0.2, 0.25) is 0 Å². The molecule has 164 valence electrons. The van der Waals surface area contributed by atoms with Gasteiger partial charge in [-0.25, -0.2) is 0 Å². The Morgan fingerprint density at radius 1 is 1.17 bits per heavy atom. The van der Waals surface area contributed by atoms with Gasteiger partial charge in [0.15, 0.2) is 5.96 Å². The lowest BCUT2D eigenvalue weighted by molar-refractivity contribution is 0.393. The standard InChI is InChI=1S/C22H31N5O2.HI/c1-23-22(25-10-6-17-5-4-9-24-16-17)26-18-7-11-27(12-8-18)19-13-20(28-2)15-21(14-19)29-3;/h4-5,9,13-16,18H,6-8,10-12H2,1-3H3,(H2,23,25,26);1H. The number of aromatic nitrogens is 1. The average Bonchev–Trinajstić information content (AvgIpc) is 2.79. The molecule has 30 heavy (non-hydrogen) atoms. The maximum atomic E-state index is 5.40. The topological polar surface area (TPSA) is 71.0 Å². The van der Waals surface area contributed by atoms with E-state index in [4.69, 9.17) is 9.47 Å². The molecule has 2 heterocycles. The van der Waals surface area contributed by atoms with E-state index in [9.17, 15) is 0 Å². The van der Waals surface area contributed by atoms with E-state index in [1.165, 1.54) is 5.56 Å². The van der Waals surface area contributed by atoms with Crippen LogP contribution in [0.1, 0.15) is 18.4 Å². The van der Waals surface area contributed by atoms with Crippen LogP contribution in [0.5, 0.6) is 11.5 Å². The smallest absolute Gasteiger partial charge is 0.191 e. The maximum absolute atomic E-state index is 5.40. The first-order chi connectivity index (χ1) is 14.2. The second-order valence-electron chi connectivity index (χ2n) is 7.09. The van der Waals surface area contributed by atoms with Crippen LogP contribution in [0, 0.1) is 0 Å². The molecular weight excluding hydrogens is 493 g/mol. The van der Waals surface area contributed by atoms with Crippen LogP contribution in [0.4, 0.5) is 5.69 Å². The summed E-state index contributed by atoms with van der Waals surface area (Å²) < 4.78 is 10.8. The molecule has 0 radical (unpaired) electrons. The number of pyridine rings is 1. The summed E-state index contributed by atoms with van der Waals surface area (Å²) in [7, 11) is 5.18. The molecule has 0 atom stereocenters. The molecule has 0 saturated carbocycles. The Labute approximate surface area is 196 Å². The molecule has 3 rings (SSSR count). The van der Waals surface area contributed by atoms with Gasteiger partial charge >= 0.3 is 0 Å². The molecule has 1 aromatic heterocycles. The Hall–Kier alpha value is -2.23. The number of guanidine groups is 1. The van der Waals surface area contributed by atoms with Crippen molar-refractivity contribution in [2.45, 2.75) is 25.3 Å². The third-order valence-electron chi connectivity index (χ3n) is 5.19. The summed E-state index contributed by atoms with van der Waals surface area (Å²) in [6.45, 7) is 2.77. The molecule has 2 aromatic rings. The van der Waals surface area contributed by atoms with Crippen LogP contribution in [-0.4, -0.2) is 57.9 Å². The van der Waals surface area contributed by atoms with Gasteiger partial charge in [-0.15, -0.1) is 24.0 Å². The van der Waals surface area contributed by atoms with E-state index in [0.29, 0.717) is 6.04 Å². The van der Waals surface area contributed by atoms with Gasteiger partial charge in [0.1, 0.15) is 11.5 Å². The summed E-state index contributed by atoms with van der Waals surface area (Å²) in [5.41, 5.74) is 2.36. The fourth-order valence-corrected chi connectivity index (χ4v) is 3.52. The largest absolute Gasteiger partial charge is 0.497 e. The van der Waals surface area contributed by atoms with Crippen LogP contribution in [0.15, 0.2) is 47.7 Å². The first-order valence-electron chi connectivity index (χ1n) is 10.1. The molecular formula is C22H32IN5O2. The van der Waals surface area contributed by atoms with Crippen LogP contribution in [0.3, 0.4) is 0 Å². The SMILES string of the molecule is CN=C(NCCc1cccnc1)NC1CCN(c2cc(OC)cc(OC)c2)CC1.I. The molecule has 2 N–H and O–H groups in total. The number of ether oxygens (including phenoxy) is 2. The summed E-state index contributed by atoms with van der Waals surface area (Å²) in [4.78, 5) is 10.9. The van der Waals surface area contributed by atoms with Gasteiger partial charge in [0, 0.05) is 69.0 Å².